The fourth-order valence-electron chi connectivity index (χ4n) is 4.04. The van der Waals surface area contributed by atoms with E-state index in [4.69, 9.17) is 27.9 Å². The minimum absolute atomic E-state index is 0.135. The van der Waals surface area contributed by atoms with Gasteiger partial charge in [0.2, 0.25) is 0 Å². The highest BCUT2D eigenvalue weighted by molar-refractivity contribution is 6.31. The van der Waals surface area contributed by atoms with Crippen molar-refractivity contribution < 1.29 is 14.3 Å². The van der Waals surface area contributed by atoms with Gasteiger partial charge in [-0.2, -0.15) is 0 Å². The Hall–Kier alpha value is -3.72. The van der Waals surface area contributed by atoms with Crippen LogP contribution in [0.5, 0.6) is 0 Å². The standard InChI is InChI=1S/C27H25Cl2N5O3/c1-3-37-26(36)27(31-16-7-17-32-27)33(2)24(19-8-6-9-21(29)18-19)25(35)34(23-10-4-5-15-30-23)22-13-11-20(28)12-14-22/h4-18,24,31H,3H2,1-2H3. The summed E-state index contributed by atoms with van der Waals surface area (Å²) in [6, 6.07) is 18.0. The van der Waals surface area contributed by atoms with Crippen LogP contribution in [-0.4, -0.2) is 47.4 Å². The summed E-state index contributed by atoms with van der Waals surface area (Å²) in [7, 11) is 1.63. The number of hydrogen-bond acceptors (Lipinski definition) is 7. The predicted octanol–water partition coefficient (Wildman–Crippen LogP) is 5.13. The highest BCUT2D eigenvalue weighted by Crippen LogP contribution is 2.35. The number of nitrogens with one attached hydrogen (secondary N) is 1. The monoisotopic (exact) mass is 537 g/mol. The third-order valence-corrected chi connectivity index (χ3v) is 6.26. The Kier molecular flexibility index (Phi) is 8.23. The van der Waals surface area contributed by atoms with Gasteiger partial charge >= 0.3 is 5.97 Å². The average Bonchev–Trinajstić information content (AvgIpc) is 2.91. The summed E-state index contributed by atoms with van der Waals surface area (Å²) in [5, 5.41) is 3.96. The number of ether oxygens (including phenoxy) is 1. The number of amides is 1. The van der Waals surface area contributed by atoms with Crippen LogP contribution in [0.2, 0.25) is 10.0 Å². The van der Waals surface area contributed by atoms with Crippen LogP contribution in [0.1, 0.15) is 18.5 Å². The Morgan fingerprint density at radius 3 is 2.46 bits per heavy atom. The van der Waals surface area contributed by atoms with E-state index in [1.807, 2.05) is 0 Å². The van der Waals surface area contributed by atoms with Gasteiger partial charge < -0.3 is 10.1 Å². The molecule has 8 nitrogen and oxygen atoms in total. The second-order valence-electron chi connectivity index (χ2n) is 8.08. The number of rotatable bonds is 8. The zero-order chi connectivity index (χ0) is 26.4. The van der Waals surface area contributed by atoms with E-state index in [9.17, 15) is 9.59 Å². The summed E-state index contributed by atoms with van der Waals surface area (Å²) in [5.74, 6) is -2.38. The Morgan fingerprint density at radius 2 is 1.84 bits per heavy atom. The predicted molar refractivity (Wildman–Crippen MR) is 145 cm³/mol. The lowest BCUT2D eigenvalue weighted by Crippen LogP contribution is -2.63. The highest BCUT2D eigenvalue weighted by atomic mass is 35.5. The van der Waals surface area contributed by atoms with Gasteiger partial charge in [-0.3, -0.25) is 9.69 Å². The molecule has 0 radical (unpaired) electrons. The molecular weight excluding hydrogens is 513 g/mol. The van der Waals surface area contributed by atoms with E-state index < -0.39 is 23.7 Å². The number of pyridine rings is 1. The number of likely N-dealkylation sites (N-methyl/N-ethyl adjacent to an activating group) is 1. The maximum Gasteiger partial charge on any atom is 0.371 e. The van der Waals surface area contributed by atoms with E-state index in [-0.39, 0.29) is 6.61 Å². The molecule has 2 atom stereocenters. The molecule has 1 amide bonds. The van der Waals surface area contributed by atoms with Crippen LogP contribution in [-0.2, 0) is 14.3 Å². The van der Waals surface area contributed by atoms with Crippen LogP contribution in [0.15, 0.2) is 90.2 Å². The molecule has 1 aliphatic heterocycles. The summed E-state index contributed by atoms with van der Waals surface area (Å²) in [6.07, 6.45) is 6.31. The molecule has 10 heteroatoms. The van der Waals surface area contributed by atoms with Crippen LogP contribution in [0, 0.1) is 0 Å². The first kappa shape index (κ1) is 26.3. The first-order valence-corrected chi connectivity index (χ1v) is 12.3. The smallest absolute Gasteiger partial charge is 0.371 e. The van der Waals surface area contributed by atoms with Crippen molar-refractivity contribution in [1.29, 1.82) is 0 Å². The Bertz CT molecular complexity index is 1320. The molecule has 0 saturated heterocycles. The van der Waals surface area contributed by atoms with Gasteiger partial charge in [-0.15, -0.1) is 0 Å². The molecule has 3 aromatic rings. The molecule has 2 aromatic carbocycles. The molecule has 2 unspecified atom stereocenters. The normalized spacial score (nSPS) is 17.2. The number of carbonyl (C=O) groups is 2. The van der Waals surface area contributed by atoms with Crippen molar-refractivity contribution in [2.24, 2.45) is 4.99 Å². The minimum Gasteiger partial charge on any atom is -0.462 e. The summed E-state index contributed by atoms with van der Waals surface area (Å²) >= 11 is 12.5. The van der Waals surface area contributed by atoms with E-state index in [1.165, 1.54) is 16.0 Å². The number of benzene rings is 2. The van der Waals surface area contributed by atoms with Crippen LogP contribution < -0.4 is 10.2 Å². The lowest BCUT2D eigenvalue weighted by molar-refractivity contribution is -0.161. The van der Waals surface area contributed by atoms with Gasteiger partial charge in [0, 0.05) is 28.7 Å². The molecule has 0 aliphatic carbocycles. The van der Waals surface area contributed by atoms with Crippen LogP contribution >= 0.6 is 23.2 Å². The number of anilines is 2. The number of carbonyl (C=O) groups excluding carboxylic acids is 2. The topological polar surface area (TPSA) is 87.1 Å². The third-order valence-electron chi connectivity index (χ3n) is 5.77. The summed E-state index contributed by atoms with van der Waals surface area (Å²) in [5.41, 5.74) is 1.09. The van der Waals surface area contributed by atoms with E-state index in [1.54, 1.807) is 99.2 Å². The molecule has 0 spiro atoms. The fourth-order valence-corrected chi connectivity index (χ4v) is 4.37. The van der Waals surface area contributed by atoms with Crippen molar-refractivity contribution in [2.75, 3.05) is 18.6 Å². The summed E-state index contributed by atoms with van der Waals surface area (Å²) < 4.78 is 5.37. The zero-order valence-corrected chi connectivity index (χ0v) is 21.7. The Balaban J connectivity index is 1.89. The van der Waals surface area contributed by atoms with Gasteiger partial charge in [0.05, 0.1) is 12.3 Å². The molecule has 4 rings (SSSR count). The second-order valence-corrected chi connectivity index (χ2v) is 8.95. The molecule has 0 fully saturated rings. The Labute approximate surface area is 225 Å². The van der Waals surface area contributed by atoms with E-state index >= 15 is 0 Å². The maximum absolute atomic E-state index is 14.6. The van der Waals surface area contributed by atoms with Crippen molar-refractivity contribution in [3.8, 4) is 0 Å². The van der Waals surface area contributed by atoms with E-state index in [2.05, 4.69) is 15.3 Å². The molecule has 1 aliphatic rings. The quantitative estimate of drug-likeness (QED) is 0.400. The molecule has 2 heterocycles. The zero-order valence-electron chi connectivity index (χ0n) is 20.2. The number of allylic oxidation sites excluding steroid dienone is 1. The van der Waals surface area contributed by atoms with E-state index in [0.29, 0.717) is 27.1 Å². The molecule has 1 N–H and O–H groups in total. The van der Waals surface area contributed by atoms with Gasteiger partial charge in [0.15, 0.2) is 0 Å². The van der Waals surface area contributed by atoms with Crippen molar-refractivity contribution >= 4 is 52.8 Å². The second kappa shape index (κ2) is 11.6. The van der Waals surface area contributed by atoms with Crippen LogP contribution in [0.3, 0.4) is 0 Å². The number of halogens is 2. The van der Waals surface area contributed by atoms with Gasteiger partial charge in [0.25, 0.3) is 11.7 Å². The number of hydrogen-bond donors (Lipinski definition) is 1. The van der Waals surface area contributed by atoms with Crippen molar-refractivity contribution in [3.63, 3.8) is 0 Å². The van der Waals surface area contributed by atoms with Crippen LogP contribution in [0.25, 0.3) is 0 Å². The molecule has 1 aromatic heterocycles. The Morgan fingerprint density at radius 1 is 1.05 bits per heavy atom. The number of esters is 1. The minimum atomic E-state index is -1.71. The first-order chi connectivity index (χ1) is 17.9. The van der Waals surface area contributed by atoms with Crippen LogP contribution in [0.4, 0.5) is 11.5 Å². The lowest BCUT2D eigenvalue weighted by atomic mass is 10.0. The third kappa shape index (κ3) is 5.51. The maximum atomic E-state index is 14.6. The van der Waals surface area contributed by atoms with Gasteiger partial charge in [-0.1, -0.05) is 41.4 Å². The summed E-state index contributed by atoms with van der Waals surface area (Å²) in [6.45, 7) is 1.84. The van der Waals surface area contributed by atoms with Gasteiger partial charge in [-0.25, -0.2) is 19.7 Å². The highest BCUT2D eigenvalue weighted by Gasteiger charge is 2.50. The van der Waals surface area contributed by atoms with Gasteiger partial charge in [0.1, 0.15) is 11.9 Å². The molecular formula is C27H25Cl2N5O3. The lowest BCUT2D eigenvalue weighted by Gasteiger charge is -2.42. The molecule has 37 heavy (non-hydrogen) atoms. The molecule has 0 saturated carbocycles. The molecule has 0 bridgehead atoms. The summed E-state index contributed by atoms with van der Waals surface area (Å²) in [4.78, 5) is 39.7. The molecule has 190 valence electrons. The van der Waals surface area contributed by atoms with Crippen molar-refractivity contribution in [2.45, 2.75) is 18.8 Å². The average molecular weight is 538 g/mol. The SMILES string of the molecule is CCOC(=O)C1(N(C)C(C(=O)N(c2ccc(Cl)cc2)c2ccccn2)c2cccc(Cl)c2)N=CC=CN1. The van der Waals surface area contributed by atoms with Gasteiger partial charge in [-0.05, 0) is 74.1 Å². The first-order valence-electron chi connectivity index (χ1n) is 11.5. The van der Waals surface area contributed by atoms with Crippen molar-refractivity contribution in [3.05, 3.63) is 101 Å². The largest absolute Gasteiger partial charge is 0.462 e. The van der Waals surface area contributed by atoms with E-state index in [0.717, 1.165) is 0 Å². The van der Waals surface area contributed by atoms with Crippen molar-refractivity contribution in [1.82, 2.24) is 15.2 Å². The number of nitrogens with zero attached hydrogens (tertiary/aromatic N) is 4. The number of aliphatic imine (C=N–C) groups is 1. The fraction of sp³-hybridized carbons (Fsp3) is 0.185. The number of aromatic nitrogens is 1.